The first-order valence-corrected chi connectivity index (χ1v) is 8.27. The summed E-state index contributed by atoms with van der Waals surface area (Å²) in [6.45, 7) is 2.65. The van der Waals surface area contributed by atoms with Gasteiger partial charge in [0.05, 0.1) is 33.3 Å². The number of rotatable bonds is 6. The largest absolute Gasteiger partial charge is 0.467 e. The van der Waals surface area contributed by atoms with Crippen molar-refractivity contribution < 1.29 is 18.7 Å². The quantitative estimate of drug-likeness (QED) is 0.811. The summed E-state index contributed by atoms with van der Waals surface area (Å²) in [6, 6.07) is 6.36. The molecule has 1 aromatic heterocycles. The van der Waals surface area contributed by atoms with Crippen LogP contribution in [0.2, 0.25) is 0 Å². The molecule has 0 spiro atoms. The van der Waals surface area contributed by atoms with Crippen molar-refractivity contribution in [2.75, 3.05) is 38.3 Å². The lowest BCUT2D eigenvalue weighted by Gasteiger charge is -2.26. The smallest absolute Gasteiger partial charge is 0.321 e. The fraction of sp³-hybridized carbons (Fsp3) is 0.412. The molecule has 26 heavy (non-hydrogen) atoms. The molecule has 9 heteroatoms. The number of aromatic nitrogens is 3. The lowest BCUT2D eigenvalue weighted by molar-refractivity contribution is -0.120. The number of hydrogen-bond acceptors (Lipinski definition) is 7. The van der Waals surface area contributed by atoms with E-state index in [0.717, 1.165) is 0 Å². The molecule has 2 aromatic rings. The van der Waals surface area contributed by atoms with Crippen LogP contribution < -0.4 is 15.0 Å². The Kier molecular flexibility index (Phi) is 5.90. The summed E-state index contributed by atoms with van der Waals surface area (Å²) in [7, 11) is 1.47. The zero-order chi connectivity index (χ0) is 18.4. The van der Waals surface area contributed by atoms with Gasteiger partial charge in [-0.25, -0.2) is 4.39 Å². The van der Waals surface area contributed by atoms with Gasteiger partial charge in [0.15, 0.2) is 5.82 Å². The molecule has 0 unspecified atom stereocenters. The van der Waals surface area contributed by atoms with E-state index >= 15 is 0 Å². The van der Waals surface area contributed by atoms with Gasteiger partial charge < -0.3 is 19.7 Å². The maximum absolute atomic E-state index is 13.6. The SMILES string of the molecule is COc1nc(CNC(=O)Cc2ccccc2F)nc(N2CCOCC2)n1. The average Bonchev–Trinajstić information content (AvgIpc) is 2.68. The van der Waals surface area contributed by atoms with Gasteiger partial charge in [0.2, 0.25) is 11.9 Å². The van der Waals surface area contributed by atoms with Crippen LogP contribution in [0.25, 0.3) is 0 Å². The molecule has 0 atom stereocenters. The minimum Gasteiger partial charge on any atom is -0.467 e. The number of nitrogens with one attached hydrogen (secondary N) is 1. The van der Waals surface area contributed by atoms with Crippen LogP contribution >= 0.6 is 0 Å². The van der Waals surface area contributed by atoms with Crippen LogP contribution in [-0.4, -0.2) is 54.3 Å². The van der Waals surface area contributed by atoms with Crippen molar-refractivity contribution in [1.29, 1.82) is 0 Å². The lowest BCUT2D eigenvalue weighted by atomic mass is 10.1. The minimum atomic E-state index is -0.404. The van der Waals surface area contributed by atoms with Crippen molar-refractivity contribution in [3.05, 3.63) is 41.5 Å². The number of nitrogens with zero attached hydrogens (tertiary/aromatic N) is 4. The molecule has 1 fully saturated rings. The van der Waals surface area contributed by atoms with Crippen LogP contribution in [0, 0.1) is 5.82 Å². The van der Waals surface area contributed by atoms with Crippen molar-refractivity contribution >= 4 is 11.9 Å². The number of anilines is 1. The van der Waals surface area contributed by atoms with Crippen LogP contribution in [0.5, 0.6) is 6.01 Å². The fourth-order valence-electron chi connectivity index (χ4n) is 2.52. The highest BCUT2D eigenvalue weighted by Crippen LogP contribution is 2.14. The molecule has 0 saturated carbocycles. The minimum absolute atomic E-state index is 0.0504. The second-order valence-electron chi connectivity index (χ2n) is 5.68. The molecule has 1 saturated heterocycles. The number of morpholine rings is 1. The number of halogens is 1. The Hall–Kier alpha value is -2.81. The Labute approximate surface area is 150 Å². The van der Waals surface area contributed by atoms with E-state index in [4.69, 9.17) is 9.47 Å². The Morgan fingerprint density at radius 1 is 1.27 bits per heavy atom. The summed E-state index contributed by atoms with van der Waals surface area (Å²) >= 11 is 0. The first kappa shape index (κ1) is 18.0. The topological polar surface area (TPSA) is 89.5 Å². The molecule has 1 aliphatic heterocycles. The van der Waals surface area contributed by atoms with Gasteiger partial charge >= 0.3 is 6.01 Å². The van der Waals surface area contributed by atoms with E-state index in [-0.39, 0.29) is 24.9 Å². The van der Waals surface area contributed by atoms with Crippen molar-refractivity contribution in [2.24, 2.45) is 0 Å². The molecule has 8 nitrogen and oxygen atoms in total. The van der Waals surface area contributed by atoms with Crippen molar-refractivity contribution in [3.63, 3.8) is 0 Å². The number of carbonyl (C=O) groups excluding carboxylic acids is 1. The van der Waals surface area contributed by atoms with Gasteiger partial charge in [-0.2, -0.15) is 15.0 Å². The zero-order valence-corrected chi connectivity index (χ0v) is 14.4. The Balaban J connectivity index is 1.65. The van der Waals surface area contributed by atoms with Crippen molar-refractivity contribution in [3.8, 4) is 6.01 Å². The summed E-state index contributed by atoms with van der Waals surface area (Å²) < 4.78 is 24.1. The third kappa shape index (κ3) is 4.63. The van der Waals surface area contributed by atoms with Gasteiger partial charge in [-0.15, -0.1) is 0 Å². The lowest BCUT2D eigenvalue weighted by Crippen LogP contribution is -2.37. The van der Waals surface area contributed by atoms with E-state index in [1.807, 2.05) is 4.90 Å². The second-order valence-corrected chi connectivity index (χ2v) is 5.68. The van der Waals surface area contributed by atoms with E-state index in [2.05, 4.69) is 20.3 Å². The standard InChI is InChI=1S/C17H20FN5O3/c1-25-17-21-14(20-16(22-17)23-6-8-26-9-7-23)11-19-15(24)10-12-4-2-3-5-13(12)18/h2-5H,6-11H2,1H3,(H,19,24). The van der Waals surface area contributed by atoms with Gasteiger partial charge in [0.1, 0.15) is 5.82 Å². The van der Waals surface area contributed by atoms with Gasteiger partial charge in [-0.05, 0) is 11.6 Å². The monoisotopic (exact) mass is 361 g/mol. The van der Waals surface area contributed by atoms with E-state index in [1.165, 1.54) is 13.2 Å². The van der Waals surface area contributed by atoms with Crippen LogP contribution in [0.15, 0.2) is 24.3 Å². The molecule has 0 aliphatic carbocycles. The van der Waals surface area contributed by atoms with E-state index in [9.17, 15) is 9.18 Å². The van der Waals surface area contributed by atoms with E-state index in [1.54, 1.807) is 18.2 Å². The first-order chi connectivity index (χ1) is 12.7. The molecule has 1 N–H and O–H groups in total. The summed E-state index contributed by atoms with van der Waals surface area (Å²) in [6.07, 6.45) is -0.0504. The predicted molar refractivity (Wildman–Crippen MR) is 91.4 cm³/mol. The van der Waals surface area contributed by atoms with Gasteiger partial charge in [-0.1, -0.05) is 18.2 Å². The summed E-state index contributed by atoms with van der Waals surface area (Å²) in [5, 5.41) is 2.70. The summed E-state index contributed by atoms with van der Waals surface area (Å²) in [5.41, 5.74) is 0.340. The molecular weight excluding hydrogens is 341 g/mol. The first-order valence-electron chi connectivity index (χ1n) is 8.27. The highest BCUT2D eigenvalue weighted by molar-refractivity contribution is 5.78. The highest BCUT2D eigenvalue weighted by atomic mass is 19.1. The third-order valence-corrected chi connectivity index (χ3v) is 3.88. The zero-order valence-electron chi connectivity index (χ0n) is 14.4. The van der Waals surface area contributed by atoms with E-state index < -0.39 is 5.82 Å². The molecule has 1 aromatic carbocycles. The Morgan fingerprint density at radius 2 is 2.04 bits per heavy atom. The van der Waals surface area contributed by atoms with Gasteiger partial charge in [0, 0.05) is 13.1 Å². The van der Waals surface area contributed by atoms with Crippen LogP contribution in [0.4, 0.5) is 10.3 Å². The van der Waals surface area contributed by atoms with Crippen LogP contribution in [0.1, 0.15) is 11.4 Å². The summed E-state index contributed by atoms with van der Waals surface area (Å²) in [5.74, 6) is 0.139. The third-order valence-electron chi connectivity index (χ3n) is 3.88. The van der Waals surface area contributed by atoms with Crippen LogP contribution in [0.3, 0.4) is 0 Å². The molecule has 0 bridgehead atoms. The maximum Gasteiger partial charge on any atom is 0.321 e. The fourth-order valence-corrected chi connectivity index (χ4v) is 2.52. The van der Waals surface area contributed by atoms with Crippen molar-refractivity contribution in [1.82, 2.24) is 20.3 Å². The van der Waals surface area contributed by atoms with E-state index in [0.29, 0.717) is 43.6 Å². The number of carbonyl (C=O) groups is 1. The number of amides is 1. The molecule has 0 radical (unpaired) electrons. The normalized spacial score (nSPS) is 14.2. The molecule has 1 amide bonds. The number of benzene rings is 1. The molecule has 2 heterocycles. The van der Waals surface area contributed by atoms with Crippen LogP contribution in [-0.2, 0) is 22.5 Å². The second kappa shape index (κ2) is 8.52. The average molecular weight is 361 g/mol. The highest BCUT2D eigenvalue weighted by Gasteiger charge is 2.17. The molecular formula is C17H20FN5O3. The number of hydrogen-bond donors (Lipinski definition) is 1. The Bertz CT molecular complexity index is 768. The predicted octanol–water partition coefficient (Wildman–Crippen LogP) is 0.715. The van der Waals surface area contributed by atoms with Crippen molar-refractivity contribution in [2.45, 2.75) is 13.0 Å². The number of methoxy groups -OCH3 is 1. The Morgan fingerprint density at radius 3 is 2.77 bits per heavy atom. The molecule has 3 rings (SSSR count). The maximum atomic E-state index is 13.6. The number of ether oxygens (including phenoxy) is 2. The van der Waals surface area contributed by atoms with Gasteiger partial charge in [0.25, 0.3) is 0 Å². The summed E-state index contributed by atoms with van der Waals surface area (Å²) in [4.78, 5) is 26.8. The molecule has 138 valence electrons. The molecule has 1 aliphatic rings. The van der Waals surface area contributed by atoms with Gasteiger partial charge in [-0.3, -0.25) is 4.79 Å².